The van der Waals surface area contributed by atoms with Crippen LogP contribution in [0, 0.1) is 0 Å². The minimum Gasteiger partial charge on any atom is -0.467 e. The lowest BCUT2D eigenvalue weighted by Crippen LogP contribution is -2.04. The third-order valence-electron chi connectivity index (χ3n) is 6.60. The fourth-order valence-corrected chi connectivity index (χ4v) is 4.74. The molecule has 0 spiro atoms. The molecule has 0 aromatic heterocycles. The molecule has 0 radical (unpaired) electrons. The van der Waals surface area contributed by atoms with Gasteiger partial charge in [-0.1, -0.05) is 85.5 Å². The van der Waals surface area contributed by atoms with Crippen molar-refractivity contribution in [1.29, 1.82) is 0 Å². The zero-order chi connectivity index (χ0) is 27.0. The molecule has 5 heteroatoms. The molecule has 0 aliphatic rings. The second-order valence-electron chi connectivity index (χ2n) is 9.19. The van der Waals surface area contributed by atoms with Gasteiger partial charge in [-0.3, -0.25) is 0 Å². The monoisotopic (exact) mass is 520 g/mol. The van der Waals surface area contributed by atoms with E-state index in [1.54, 1.807) is 14.2 Å². The number of rotatable bonds is 12. The van der Waals surface area contributed by atoms with Crippen LogP contribution in [0.4, 0.5) is 0 Å². The van der Waals surface area contributed by atoms with Crippen molar-refractivity contribution in [1.82, 2.24) is 0 Å². The first-order chi connectivity index (χ1) is 19.2. The van der Waals surface area contributed by atoms with Gasteiger partial charge in [0.05, 0.1) is 13.2 Å². The maximum Gasteiger partial charge on any atom is 0.188 e. The lowest BCUT2D eigenvalue weighted by atomic mass is 9.91. The molecule has 0 aliphatic carbocycles. The highest BCUT2D eigenvalue weighted by Gasteiger charge is 2.19. The molecule has 5 nitrogen and oxygen atoms in total. The van der Waals surface area contributed by atoms with Crippen LogP contribution in [0.15, 0.2) is 97.6 Å². The third kappa shape index (κ3) is 5.96. The van der Waals surface area contributed by atoms with E-state index in [0.29, 0.717) is 13.2 Å². The summed E-state index contributed by atoms with van der Waals surface area (Å²) >= 11 is 0. The summed E-state index contributed by atoms with van der Waals surface area (Å²) in [6.07, 6.45) is 1.84. The molecule has 0 unspecified atom stereocenters. The van der Waals surface area contributed by atoms with Gasteiger partial charge in [0.15, 0.2) is 13.6 Å². The van der Waals surface area contributed by atoms with Crippen molar-refractivity contribution < 1.29 is 23.7 Å². The summed E-state index contributed by atoms with van der Waals surface area (Å²) in [6.45, 7) is 5.13. The van der Waals surface area contributed by atoms with Gasteiger partial charge < -0.3 is 23.7 Å². The summed E-state index contributed by atoms with van der Waals surface area (Å²) in [5.74, 6) is 1.44. The van der Waals surface area contributed by atoms with Crippen LogP contribution in [0.25, 0.3) is 38.7 Å². The third-order valence-corrected chi connectivity index (χ3v) is 6.60. The van der Waals surface area contributed by atoms with E-state index >= 15 is 0 Å². The number of methoxy groups -OCH3 is 2. The van der Waals surface area contributed by atoms with Crippen LogP contribution < -0.4 is 9.47 Å². The average Bonchev–Trinajstić information content (AvgIpc) is 2.98. The lowest BCUT2D eigenvalue weighted by Gasteiger charge is -2.19. The van der Waals surface area contributed by atoms with Crippen LogP contribution in [-0.2, 0) is 27.4 Å². The smallest absolute Gasteiger partial charge is 0.188 e. The minimum atomic E-state index is 0.136. The van der Waals surface area contributed by atoms with Gasteiger partial charge in [-0.15, -0.1) is 0 Å². The number of benzene rings is 5. The fourth-order valence-electron chi connectivity index (χ4n) is 4.74. The Balaban J connectivity index is 1.54. The number of fused-ring (bicyclic) bond motifs is 2. The van der Waals surface area contributed by atoms with Gasteiger partial charge in [-0.25, -0.2) is 0 Å². The molecule has 0 fully saturated rings. The van der Waals surface area contributed by atoms with Crippen molar-refractivity contribution in [2.45, 2.75) is 13.2 Å². The number of ether oxygens (including phenoxy) is 5. The molecule has 5 aromatic carbocycles. The molecule has 0 atom stereocenters. The Bertz CT molecular complexity index is 1570. The van der Waals surface area contributed by atoms with Gasteiger partial charge in [0, 0.05) is 25.3 Å². The molecule has 0 heterocycles. The van der Waals surface area contributed by atoms with Gasteiger partial charge in [-0.05, 0) is 56.4 Å². The van der Waals surface area contributed by atoms with Crippen molar-refractivity contribution in [3.05, 3.63) is 114 Å². The summed E-state index contributed by atoms with van der Waals surface area (Å²) in [5.41, 5.74) is 5.22. The standard InChI is InChI=1S/C34H32O5/c1-4-24-9-11-25(12-10-24)20-37-21-26-13-16-30-28(19-26)15-18-32(39-23-36-3)34(30)33-29-8-6-5-7-27(29)14-17-31(33)38-22-35-2/h4-19H,1,20-23H2,2-3H3. The van der Waals surface area contributed by atoms with E-state index in [9.17, 15) is 0 Å². The molecule has 5 rings (SSSR count). The minimum absolute atomic E-state index is 0.136. The van der Waals surface area contributed by atoms with Crippen molar-refractivity contribution in [2.75, 3.05) is 27.8 Å². The lowest BCUT2D eigenvalue weighted by molar-refractivity contribution is 0.0502. The first-order valence-electron chi connectivity index (χ1n) is 12.8. The molecule has 0 saturated heterocycles. The SMILES string of the molecule is C=Cc1ccc(COCc2ccc3c(-c4c(OCOC)ccc5ccccc45)c(OCOC)ccc3c2)cc1. The van der Waals surface area contributed by atoms with E-state index in [1.807, 2.05) is 42.5 Å². The summed E-state index contributed by atoms with van der Waals surface area (Å²) in [7, 11) is 3.23. The predicted molar refractivity (Wildman–Crippen MR) is 157 cm³/mol. The van der Waals surface area contributed by atoms with Crippen molar-refractivity contribution in [2.24, 2.45) is 0 Å². The summed E-state index contributed by atoms with van der Waals surface area (Å²) < 4.78 is 28.7. The summed E-state index contributed by atoms with van der Waals surface area (Å²) in [5, 5.41) is 4.30. The highest BCUT2D eigenvalue weighted by atomic mass is 16.7. The van der Waals surface area contributed by atoms with E-state index in [-0.39, 0.29) is 13.6 Å². The normalized spacial score (nSPS) is 11.1. The van der Waals surface area contributed by atoms with E-state index in [1.165, 1.54) is 0 Å². The highest BCUT2D eigenvalue weighted by Crippen LogP contribution is 2.45. The van der Waals surface area contributed by atoms with E-state index in [0.717, 1.165) is 60.9 Å². The molecular weight excluding hydrogens is 488 g/mol. The Morgan fingerprint density at radius 2 is 1.21 bits per heavy atom. The van der Waals surface area contributed by atoms with Gasteiger partial charge in [0.1, 0.15) is 11.5 Å². The maximum atomic E-state index is 6.08. The molecule has 198 valence electrons. The molecule has 39 heavy (non-hydrogen) atoms. The molecule has 0 amide bonds. The molecular formula is C34H32O5. The second kappa shape index (κ2) is 12.6. The molecule has 0 saturated carbocycles. The fraction of sp³-hybridized carbons (Fsp3) is 0.176. The van der Waals surface area contributed by atoms with Gasteiger partial charge >= 0.3 is 0 Å². The molecule has 0 aliphatic heterocycles. The Morgan fingerprint density at radius 3 is 1.87 bits per heavy atom. The Morgan fingerprint density at radius 1 is 0.615 bits per heavy atom. The molecule has 0 N–H and O–H groups in total. The van der Waals surface area contributed by atoms with Crippen LogP contribution in [-0.4, -0.2) is 27.8 Å². The molecule has 0 bridgehead atoms. The Kier molecular flexibility index (Phi) is 8.54. The zero-order valence-electron chi connectivity index (χ0n) is 22.3. The average molecular weight is 521 g/mol. The Labute approximate surface area is 229 Å². The van der Waals surface area contributed by atoms with E-state index in [4.69, 9.17) is 23.7 Å². The largest absolute Gasteiger partial charge is 0.467 e. The zero-order valence-corrected chi connectivity index (χ0v) is 22.3. The van der Waals surface area contributed by atoms with Crippen LogP contribution in [0.1, 0.15) is 16.7 Å². The first kappa shape index (κ1) is 26.4. The first-order valence-corrected chi connectivity index (χ1v) is 12.8. The highest BCUT2D eigenvalue weighted by molar-refractivity contribution is 6.09. The quantitative estimate of drug-likeness (QED) is 0.156. The maximum absolute atomic E-state index is 6.08. The summed E-state index contributed by atoms with van der Waals surface area (Å²) in [6, 6.07) is 31.0. The van der Waals surface area contributed by atoms with Crippen LogP contribution in [0.5, 0.6) is 11.5 Å². The van der Waals surface area contributed by atoms with Crippen LogP contribution in [0.2, 0.25) is 0 Å². The van der Waals surface area contributed by atoms with Gasteiger partial charge in [0.25, 0.3) is 0 Å². The number of hydrogen-bond donors (Lipinski definition) is 0. The van der Waals surface area contributed by atoms with Gasteiger partial charge in [0.2, 0.25) is 0 Å². The van der Waals surface area contributed by atoms with Crippen LogP contribution >= 0.6 is 0 Å². The van der Waals surface area contributed by atoms with Gasteiger partial charge in [-0.2, -0.15) is 0 Å². The molecule has 5 aromatic rings. The van der Waals surface area contributed by atoms with Crippen molar-refractivity contribution >= 4 is 27.6 Å². The second-order valence-corrected chi connectivity index (χ2v) is 9.19. The van der Waals surface area contributed by atoms with Crippen molar-refractivity contribution in [3.63, 3.8) is 0 Å². The van der Waals surface area contributed by atoms with E-state index < -0.39 is 0 Å². The Hall–Kier alpha value is -4.16. The van der Waals surface area contributed by atoms with Crippen molar-refractivity contribution in [3.8, 4) is 22.6 Å². The topological polar surface area (TPSA) is 46.2 Å². The number of hydrogen-bond acceptors (Lipinski definition) is 5. The predicted octanol–water partition coefficient (Wildman–Crippen LogP) is 7.99. The summed E-state index contributed by atoms with van der Waals surface area (Å²) in [4.78, 5) is 0. The van der Waals surface area contributed by atoms with E-state index in [2.05, 4.69) is 61.2 Å². The van der Waals surface area contributed by atoms with Crippen LogP contribution in [0.3, 0.4) is 0 Å².